The molecule has 0 fully saturated rings. The number of fused-ring (bicyclic) bond motifs is 1. The van der Waals surface area contributed by atoms with Crippen molar-refractivity contribution in [3.8, 4) is 11.5 Å². The van der Waals surface area contributed by atoms with Gasteiger partial charge >= 0.3 is 5.97 Å². The highest BCUT2D eigenvalue weighted by molar-refractivity contribution is 5.79. The maximum atomic E-state index is 12.4. The van der Waals surface area contributed by atoms with Crippen LogP contribution in [0.3, 0.4) is 0 Å². The molecule has 2 aromatic carbocycles. The van der Waals surface area contributed by atoms with E-state index in [1.54, 1.807) is 0 Å². The molecule has 0 radical (unpaired) electrons. The number of ether oxygens (including phenoxy) is 2. The van der Waals surface area contributed by atoms with Gasteiger partial charge < -0.3 is 19.9 Å². The number of carboxylic acids is 1. The first-order valence-corrected chi connectivity index (χ1v) is 9.04. The van der Waals surface area contributed by atoms with Crippen LogP contribution in [0.5, 0.6) is 11.5 Å². The van der Waals surface area contributed by atoms with Crippen molar-refractivity contribution in [3.05, 3.63) is 59.7 Å². The number of hydrogen-bond acceptors (Lipinski definition) is 4. The first-order valence-electron chi connectivity index (χ1n) is 9.04. The van der Waals surface area contributed by atoms with Crippen molar-refractivity contribution in [1.82, 2.24) is 5.32 Å². The first-order chi connectivity index (χ1) is 13.1. The molecule has 0 saturated carbocycles. The third kappa shape index (κ3) is 5.48. The zero-order valence-electron chi connectivity index (χ0n) is 15.0. The van der Waals surface area contributed by atoms with Gasteiger partial charge in [0, 0.05) is 13.0 Å². The van der Waals surface area contributed by atoms with Crippen LogP contribution in [0.25, 0.3) is 0 Å². The molecule has 0 aromatic heterocycles. The van der Waals surface area contributed by atoms with E-state index in [2.05, 4.69) is 5.32 Å². The number of nitrogens with one attached hydrogen (secondary N) is 1. The van der Waals surface area contributed by atoms with Crippen LogP contribution in [-0.2, 0) is 22.6 Å². The van der Waals surface area contributed by atoms with Gasteiger partial charge in [-0.15, -0.1) is 0 Å². The van der Waals surface area contributed by atoms with Gasteiger partial charge in [-0.05, 0) is 42.2 Å². The number of aliphatic carboxylic acids is 1. The Morgan fingerprint density at radius 1 is 1.15 bits per heavy atom. The molecule has 142 valence electrons. The lowest BCUT2D eigenvalue weighted by atomic mass is 9.96. The number of carbonyl (C=O) groups is 2. The number of benzene rings is 2. The highest BCUT2D eigenvalue weighted by atomic mass is 16.5. The SMILES string of the molecule is O=C(O)CCCOc1ccc(CNC(=O)C2COc3ccccc3C2)cc1. The normalized spacial score (nSPS) is 15.3. The van der Waals surface area contributed by atoms with Crippen LogP contribution < -0.4 is 14.8 Å². The van der Waals surface area contributed by atoms with E-state index in [0.717, 1.165) is 16.9 Å². The number of rotatable bonds is 8. The average molecular weight is 369 g/mol. The molecular weight excluding hydrogens is 346 g/mol. The van der Waals surface area contributed by atoms with Gasteiger partial charge in [-0.25, -0.2) is 0 Å². The van der Waals surface area contributed by atoms with Crippen molar-refractivity contribution in [2.75, 3.05) is 13.2 Å². The van der Waals surface area contributed by atoms with Crippen LogP contribution in [0.4, 0.5) is 0 Å². The molecule has 0 bridgehead atoms. The number of para-hydroxylation sites is 1. The molecule has 2 aromatic rings. The minimum Gasteiger partial charge on any atom is -0.494 e. The summed E-state index contributed by atoms with van der Waals surface area (Å²) in [7, 11) is 0. The van der Waals surface area contributed by atoms with Crippen molar-refractivity contribution in [2.45, 2.75) is 25.8 Å². The lowest BCUT2D eigenvalue weighted by Gasteiger charge is -2.24. The fraction of sp³-hybridized carbons (Fsp3) is 0.333. The number of amides is 1. The summed E-state index contributed by atoms with van der Waals surface area (Å²) in [5, 5.41) is 11.6. The van der Waals surface area contributed by atoms with Gasteiger partial charge in [-0.2, -0.15) is 0 Å². The average Bonchev–Trinajstić information content (AvgIpc) is 2.69. The second-order valence-electron chi connectivity index (χ2n) is 6.53. The van der Waals surface area contributed by atoms with E-state index in [0.29, 0.717) is 38.3 Å². The zero-order valence-corrected chi connectivity index (χ0v) is 15.0. The fourth-order valence-electron chi connectivity index (χ4n) is 2.95. The molecule has 6 heteroatoms. The highest BCUT2D eigenvalue weighted by Gasteiger charge is 2.25. The second kappa shape index (κ2) is 9.07. The summed E-state index contributed by atoms with van der Waals surface area (Å²) in [5.74, 6) is 0.528. The van der Waals surface area contributed by atoms with Gasteiger partial charge in [-0.3, -0.25) is 9.59 Å². The maximum absolute atomic E-state index is 12.4. The Morgan fingerprint density at radius 3 is 2.70 bits per heavy atom. The Bertz CT molecular complexity index is 787. The van der Waals surface area contributed by atoms with Crippen LogP contribution in [0.2, 0.25) is 0 Å². The Hall–Kier alpha value is -3.02. The molecule has 0 aliphatic carbocycles. The standard InChI is InChI=1S/C21H23NO5/c23-20(24)6-3-11-26-18-9-7-15(8-10-18)13-22-21(25)17-12-16-4-1-2-5-19(16)27-14-17/h1-2,4-5,7-10,17H,3,6,11-14H2,(H,22,25)(H,23,24). The molecule has 3 rings (SSSR count). The molecule has 6 nitrogen and oxygen atoms in total. The van der Waals surface area contributed by atoms with Crippen molar-refractivity contribution < 1.29 is 24.2 Å². The molecule has 1 aliphatic rings. The molecule has 2 N–H and O–H groups in total. The summed E-state index contributed by atoms with van der Waals surface area (Å²) >= 11 is 0. The molecule has 1 atom stereocenters. The summed E-state index contributed by atoms with van der Waals surface area (Å²) in [4.78, 5) is 22.9. The fourth-order valence-corrected chi connectivity index (χ4v) is 2.95. The molecular formula is C21H23NO5. The minimum absolute atomic E-state index is 0.0153. The van der Waals surface area contributed by atoms with E-state index in [1.807, 2.05) is 48.5 Å². The van der Waals surface area contributed by atoms with Gasteiger partial charge in [0.15, 0.2) is 0 Å². The number of carboxylic acid groups (broad SMARTS) is 1. The largest absolute Gasteiger partial charge is 0.494 e. The maximum Gasteiger partial charge on any atom is 0.303 e. The quantitative estimate of drug-likeness (QED) is 0.699. The predicted octanol–water partition coefficient (Wildman–Crippen LogP) is 2.80. The molecule has 0 spiro atoms. The molecule has 27 heavy (non-hydrogen) atoms. The predicted molar refractivity (Wildman–Crippen MR) is 99.8 cm³/mol. The van der Waals surface area contributed by atoms with E-state index in [-0.39, 0.29) is 18.2 Å². The second-order valence-corrected chi connectivity index (χ2v) is 6.53. The Kier molecular flexibility index (Phi) is 6.30. The monoisotopic (exact) mass is 369 g/mol. The Balaban J connectivity index is 1.43. The van der Waals surface area contributed by atoms with E-state index >= 15 is 0 Å². The van der Waals surface area contributed by atoms with Crippen LogP contribution in [0.1, 0.15) is 24.0 Å². The number of carbonyl (C=O) groups excluding carboxylic acids is 1. The van der Waals surface area contributed by atoms with Crippen LogP contribution in [-0.4, -0.2) is 30.2 Å². The summed E-state index contributed by atoms with van der Waals surface area (Å²) in [6.07, 6.45) is 1.25. The lowest BCUT2D eigenvalue weighted by Crippen LogP contribution is -2.37. The summed E-state index contributed by atoms with van der Waals surface area (Å²) in [6, 6.07) is 15.2. The van der Waals surface area contributed by atoms with E-state index in [4.69, 9.17) is 14.6 Å². The Labute approximate surface area is 158 Å². The van der Waals surface area contributed by atoms with Gasteiger partial charge in [-0.1, -0.05) is 30.3 Å². The molecule has 1 aliphatic heterocycles. The summed E-state index contributed by atoms with van der Waals surface area (Å²) in [6.45, 7) is 1.20. The minimum atomic E-state index is -0.823. The molecule has 1 heterocycles. The highest BCUT2D eigenvalue weighted by Crippen LogP contribution is 2.26. The summed E-state index contributed by atoms with van der Waals surface area (Å²) < 4.78 is 11.2. The third-order valence-electron chi connectivity index (χ3n) is 4.44. The lowest BCUT2D eigenvalue weighted by molar-refractivity contribution is -0.137. The van der Waals surface area contributed by atoms with Gasteiger partial charge in [0.2, 0.25) is 5.91 Å². The topological polar surface area (TPSA) is 84.9 Å². The number of hydrogen-bond donors (Lipinski definition) is 2. The van der Waals surface area contributed by atoms with Gasteiger partial charge in [0.05, 0.1) is 12.5 Å². The molecule has 1 amide bonds. The zero-order chi connectivity index (χ0) is 19.1. The van der Waals surface area contributed by atoms with Crippen LogP contribution in [0, 0.1) is 5.92 Å². The van der Waals surface area contributed by atoms with Crippen molar-refractivity contribution in [3.63, 3.8) is 0 Å². The first kappa shape index (κ1) is 18.8. The summed E-state index contributed by atoms with van der Waals surface area (Å²) in [5.41, 5.74) is 2.03. The molecule has 1 unspecified atom stereocenters. The molecule has 0 saturated heterocycles. The van der Waals surface area contributed by atoms with Gasteiger partial charge in [0.25, 0.3) is 0 Å². The van der Waals surface area contributed by atoms with E-state index in [9.17, 15) is 9.59 Å². The van der Waals surface area contributed by atoms with E-state index in [1.165, 1.54) is 0 Å². The Morgan fingerprint density at radius 2 is 1.93 bits per heavy atom. The van der Waals surface area contributed by atoms with Crippen molar-refractivity contribution in [2.24, 2.45) is 5.92 Å². The smallest absolute Gasteiger partial charge is 0.303 e. The van der Waals surface area contributed by atoms with E-state index < -0.39 is 5.97 Å². The van der Waals surface area contributed by atoms with Crippen LogP contribution >= 0.6 is 0 Å². The van der Waals surface area contributed by atoms with Crippen molar-refractivity contribution in [1.29, 1.82) is 0 Å². The van der Waals surface area contributed by atoms with Crippen molar-refractivity contribution >= 4 is 11.9 Å². The van der Waals surface area contributed by atoms with Crippen LogP contribution in [0.15, 0.2) is 48.5 Å². The van der Waals surface area contributed by atoms with Gasteiger partial charge in [0.1, 0.15) is 18.1 Å². The third-order valence-corrected chi connectivity index (χ3v) is 4.44.